The number of benzene rings is 1. The fraction of sp³-hybridized carbons (Fsp3) is 0.400. The van der Waals surface area contributed by atoms with Gasteiger partial charge in [-0.2, -0.15) is 22.5 Å². The van der Waals surface area contributed by atoms with E-state index in [2.05, 4.69) is 15.0 Å². The van der Waals surface area contributed by atoms with Gasteiger partial charge in [0.25, 0.3) is 0 Å². The third-order valence-electron chi connectivity index (χ3n) is 5.81. The second-order valence-corrected chi connectivity index (χ2v) is 11.0. The van der Waals surface area contributed by atoms with Gasteiger partial charge in [-0.05, 0) is 36.5 Å². The molecule has 0 amide bonds. The zero-order chi connectivity index (χ0) is 24.3. The summed E-state index contributed by atoms with van der Waals surface area (Å²) in [5, 5.41) is 10.0. The first-order chi connectivity index (χ1) is 16.0. The van der Waals surface area contributed by atoms with Crippen molar-refractivity contribution in [2.45, 2.75) is 35.9 Å². The van der Waals surface area contributed by atoms with Gasteiger partial charge in [-0.3, -0.25) is 4.79 Å². The van der Waals surface area contributed by atoms with Crippen LogP contribution < -0.4 is 4.90 Å². The van der Waals surface area contributed by atoms with Crippen LogP contribution >= 0.6 is 11.3 Å². The van der Waals surface area contributed by atoms with Gasteiger partial charge in [0.2, 0.25) is 15.8 Å². The number of hydrogen-bond donors (Lipinski definition) is 1. The van der Waals surface area contributed by atoms with E-state index >= 15 is 0 Å². The number of fused-ring (bicyclic) bond motifs is 1. The number of alkyl halides is 3. The Morgan fingerprint density at radius 2 is 1.82 bits per heavy atom. The minimum Gasteiger partial charge on any atom is -0.480 e. The summed E-state index contributed by atoms with van der Waals surface area (Å²) in [5.41, 5.74) is 0.908. The number of nitrogens with zero attached hydrogens (tertiary/aromatic N) is 5. The molecule has 1 saturated heterocycles. The lowest BCUT2D eigenvalue weighted by atomic mass is 10.1. The van der Waals surface area contributed by atoms with Gasteiger partial charge in [-0.15, -0.1) is 0 Å². The first-order valence-corrected chi connectivity index (χ1v) is 12.6. The Morgan fingerprint density at radius 1 is 1.12 bits per heavy atom. The van der Waals surface area contributed by atoms with Gasteiger partial charge in [0, 0.05) is 19.6 Å². The molecule has 0 spiro atoms. The molecule has 0 bridgehead atoms. The zero-order valence-corrected chi connectivity index (χ0v) is 19.1. The summed E-state index contributed by atoms with van der Waals surface area (Å²) in [7, 11) is -4.07. The molecule has 3 heterocycles. The molecular weight excluding hydrogens is 495 g/mol. The molecule has 2 aliphatic rings. The third-order valence-corrected chi connectivity index (χ3v) is 8.78. The van der Waals surface area contributed by atoms with Crippen LogP contribution in [0.1, 0.15) is 30.1 Å². The highest BCUT2D eigenvalue weighted by molar-refractivity contribution is 7.89. The summed E-state index contributed by atoms with van der Waals surface area (Å²) in [5.74, 6) is -2.19. The van der Waals surface area contributed by atoms with Gasteiger partial charge in [0.05, 0.1) is 15.8 Å². The van der Waals surface area contributed by atoms with Crippen LogP contribution in [0.5, 0.6) is 0 Å². The molecule has 1 aliphatic heterocycles. The lowest BCUT2D eigenvalue weighted by Crippen LogP contribution is -2.58. The molecular formula is C20H18F3N5O4S2. The number of carbonyl (C=O) groups is 1. The van der Waals surface area contributed by atoms with E-state index in [1.165, 1.54) is 12.1 Å². The monoisotopic (exact) mass is 513 g/mol. The average Bonchev–Trinajstić information content (AvgIpc) is 3.56. The normalized spacial score (nSPS) is 20.1. The second kappa shape index (κ2) is 8.13. The molecule has 1 atom stereocenters. The highest BCUT2D eigenvalue weighted by atomic mass is 32.2. The Kier molecular flexibility index (Phi) is 5.48. The number of carboxylic acid groups (broad SMARTS) is 1. The zero-order valence-electron chi connectivity index (χ0n) is 17.4. The van der Waals surface area contributed by atoms with Crippen molar-refractivity contribution in [3.05, 3.63) is 41.9 Å². The Balaban J connectivity index is 1.39. The molecule has 14 heteroatoms. The Labute approximate surface area is 195 Å². The van der Waals surface area contributed by atoms with Crippen molar-refractivity contribution >= 4 is 42.8 Å². The number of aromatic nitrogens is 3. The van der Waals surface area contributed by atoms with E-state index in [1.807, 2.05) is 0 Å². The van der Waals surface area contributed by atoms with E-state index < -0.39 is 34.0 Å². The Bertz CT molecular complexity index is 1360. The van der Waals surface area contributed by atoms with Crippen molar-refractivity contribution in [3.8, 4) is 0 Å². The third kappa shape index (κ3) is 4.20. The SMILES string of the molecule is O=C(O)[C@H]1CN(c2nc3nc(C(F)(F)F)ncc3s2)CCN1S(=O)(=O)c1ccc(C2CC2)cc1. The summed E-state index contributed by atoms with van der Waals surface area (Å²) in [6, 6.07) is 5.12. The number of halogens is 3. The van der Waals surface area contributed by atoms with E-state index in [9.17, 15) is 31.5 Å². The van der Waals surface area contributed by atoms with Gasteiger partial charge in [-0.1, -0.05) is 23.5 Å². The number of carboxylic acids is 1. The van der Waals surface area contributed by atoms with Crippen LogP contribution in [0.2, 0.25) is 0 Å². The van der Waals surface area contributed by atoms with Gasteiger partial charge >= 0.3 is 12.1 Å². The maximum absolute atomic E-state index is 13.2. The lowest BCUT2D eigenvalue weighted by Gasteiger charge is -2.38. The molecule has 0 unspecified atom stereocenters. The van der Waals surface area contributed by atoms with Crippen LogP contribution in [0.4, 0.5) is 18.3 Å². The molecule has 34 heavy (non-hydrogen) atoms. The van der Waals surface area contributed by atoms with Crippen molar-refractivity contribution in [2.24, 2.45) is 0 Å². The fourth-order valence-electron chi connectivity index (χ4n) is 3.89. The average molecular weight is 514 g/mol. The van der Waals surface area contributed by atoms with E-state index in [-0.39, 0.29) is 35.3 Å². The molecule has 9 nitrogen and oxygen atoms in total. The lowest BCUT2D eigenvalue weighted by molar-refractivity contribution is -0.144. The minimum atomic E-state index is -4.72. The second-order valence-electron chi connectivity index (χ2n) is 8.13. The first-order valence-electron chi connectivity index (χ1n) is 10.3. The van der Waals surface area contributed by atoms with Crippen LogP contribution in [-0.2, 0) is 21.0 Å². The standard InChI is InChI=1S/C20H18F3N5O4S2/c21-20(22,23)18-24-9-15-16(25-18)26-19(33-15)27-7-8-28(14(10-27)17(29)30)34(31,32)13-5-3-12(4-6-13)11-1-2-11/h3-6,9,11,14H,1-2,7-8,10H2,(H,29,30)/t14-/m1/s1. The number of hydrogen-bond acceptors (Lipinski definition) is 8. The van der Waals surface area contributed by atoms with Crippen LogP contribution in [0, 0.1) is 0 Å². The van der Waals surface area contributed by atoms with Gasteiger partial charge in [-0.25, -0.2) is 18.4 Å². The van der Waals surface area contributed by atoms with Crippen LogP contribution in [0.25, 0.3) is 10.3 Å². The van der Waals surface area contributed by atoms with Crippen LogP contribution in [0.15, 0.2) is 35.4 Å². The highest BCUT2D eigenvalue weighted by Crippen LogP contribution is 2.40. The van der Waals surface area contributed by atoms with E-state index in [4.69, 9.17) is 0 Å². The number of thiazole rings is 1. The van der Waals surface area contributed by atoms with E-state index in [0.717, 1.165) is 40.2 Å². The summed E-state index contributed by atoms with van der Waals surface area (Å²) < 4.78 is 66.4. The number of anilines is 1. The molecule has 2 aromatic heterocycles. The van der Waals surface area contributed by atoms with Crippen LogP contribution in [-0.4, -0.2) is 64.4 Å². The molecule has 180 valence electrons. The van der Waals surface area contributed by atoms with Gasteiger partial charge < -0.3 is 10.0 Å². The van der Waals surface area contributed by atoms with Crippen LogP contribution in [0.3, 0.4) is 0 Å². The maximum atomic E-state index is 13.2. The molecule has 0 radical (unpaired) electrons. The molecule has 2 fully saturated rings. The molecule has 1 aromatic carbocycles. The van der Waals surface area contributed by atoms with E-state index in [0.29, 0.717) is 10.6 Å². The van der Waals surface area contributed by atoms with Crippen molar-refractivity contribution in [2.75, 3.05) is 24.5 Å². The predicted octanol–water partition coefficient (Wildman–Crippen LogP) is 2.95. The largest absolute Gasteiger partial charge is 0.480 e. The summed E-state index contributed by atoms with van der Waals surface area (Å²) >= 11 is 1.01. The molecule has 1 aliphatic carbocycles. The number of sulfonamides is 1. The number of piperazine rings is 1. The maximum Gasteiger partial charge on any atom is 0.451 e. The van der Waals surface area contributed by atoms with Crippen molar-refractivity contribution in [1.82, 2.24) is 19.3 Å². The summed E-state index contributed by atoms with van der Waals surface area (Å²) in [4.78, 5) is 24.4. The van der Waals surface area contributed by atoms with Crippen molar-refractivity contribution in [1.29, 1.82) is 0 Å². The topological polar surface area (TPSA) is 117 Å². The van der Waals surface area contributed by atoms with E-state index in [1.54, 1.807) is 17.0 Å². The molecule has 1 saturated carbocycles. The quantitative estimate of drug-likeness (QED) is 0.554. The smallest absolute Gasteiger partial charge is 0.451 e. The summed E-state index contributed by atoms with van der Waals surface area (Å²) in [6.07, 6.45) is -1.55. The number of rotatable bonds is 5. The van der Waals surface area contributed by atoms with Crippen molar-refractivity contribution in [3.63, 3.8) is 0 Å². The summed E-state index contributed by atoms with van der Waals surface area (Å²) in [6.45, 7) is -0.226. The molecule has 1 N–H and O–H groups in total. The fourth-order valence-corrected chi connectivity index (χ4v) is 6.37. The minimum absolute atomic E-state index is 0.0199. The first kappa shape index (κ1) is 22.9. The molecule has 5 rings (SSSR count). The Hall–Kier alpha value is -2.84. The van der Waals surface area contributed by atoms with Crippen molar-refractivity contribution < 1.29 is 31.5 Å². The molecule has 3 aromatic rings. The van der Waals surface area contributed by atoms with Gasteiger partial charge in [0.15, 0.2) is 10.8 Å². The number of aliphatic carboxylic acids is 1. The highest BCUT2D eigenvalue weighted by Gasteiger charge is 2.41. The predicted molar refractivity (Wildman–Crippen MR) is 116 cm³/mol. The Morgan fingerprint density at radius 3 is 2.44 bits per heavy atom. The van der Waals surface area contributed by atoms with Gasteiger partial charge in [0.1, 0.15) is 6.04 Å².